The van der Waals surface area contributed by atoms with E-state index in [1.54, 1.807) is 0 Å². The molecule has 0 N–H and O–H groups in total. The highest BCUT2D eigenvalue weighted by Gasteiger charge is 2.42. The van der Waals surface area contributed by atoms with Crippen LogP contribution in [0.4, 0.5) is 0 Å². The first kappa shape index (κ1) is 16.1. The second kappa shape index (κ2) is 7.13. The van der Waals surface area contributed by atoms with Gasteiger partial charge in [-0.05, 0) is 47.6 Å². The fourth-order valence-corrected chi connectivity index (χ4v) is 3.35. The lowest BCUT2D eigenvalue weighted by Gasteiger charge is -2.37. The molecule has 0 aliphatic heterocycles. The van der Waals surface area contributed by atoms with Gasteiger partial charge in [0, 0.05) is 19.0 Å². The minimum absolute atomic E-state index is 0.328. The third-order valence-electron chi connectivity index (χ3n) is 3.15. The minimum atomic E-state index is -0.665. The van der Waals surface area contributed by atoms with Crippen molar-refractivity contribution in [2.24, 2.45) is 0 Å². The first-order valence-corrected chi connectivity index (χ1v) is 7.86. The van der Waals surface area contributed by atoms with Crippen molar-refractivity contribution in [1.82, 2.24) is 9.97 Å². The van der Waals surface area contributed by atoms with Gasteiger partial charge in [0.05, 0.1) is 5.56 Å². The third-order valence-corrected chi connectivity index (χ3v) is 4.77. The summed E-state index contributed by atoms with van der Waals surface area (Å²) < 4.78 is 10.8. The highest BCUT2D eigenvalue weighted by Crippen LogP contribution is 2.40. The van der Waals surface area contributed by atoms with Crippen LogP contribution in [0, 0.1) is 0 Å². The molecule has 0 aromatic carbocycles. The average Bonchev–Trinajstić information content (AvgIpc) is 2.50. The topological polar surface area (TPSA) is 61.3 Å². The number of esters is 1. The molecule has 2 unspecified atom stereocenters. The predicted molar refractivity (Wildman–Crippen MR) is 87.1 cm³/mol. The van der Waals surface area contributed by atoms with E-state index in [1.807, 2.05) is 25.2 Å². The lowest BCUT2D eigenvalue weighted by Crippen LogP contribution is -2.43. The van der Waals surface area contributed by atoms with Gasteiger partial charge in [-0.15, -0.1) is 0 Å². The van der Waals surface area contributed by atoms with Crippen LogP contribution in [0.5, 0.6) is 0 Å². The molecule has 1 heterocycles. The Morgan fingerprint density at radius 3 is 2.71 bits per heavy atom. The highest BCUT2D eigenvalue weighted by atomic mass is 127. The number of nitrogens with zero attached hydrogens (tertiary/aromatic N) is 2. The summed E-state index contributed by atoms with van der Waals surface area (Å²) in [6, 6.07) is 0. The zero-order valence-electron chi connectivity index (χ0n) is 12.0. The van der Waals surface area contributed by atoms with Gasteiger partial charge < -0.3 is 9.47 Å². The number of hydrogen-bond donors (Lipinski definition) is 0. The number of carbonyl (C=O) groups excluding carboxylic acids is 1. The van der Waals surface area contributed by atoms with Crippen molar-refractivity contribution in [2.45, 2.75) is 30.0 Å². The second-order valence-electron chi connectivity index (χ2n) is 4.46. The number of rotatable bonds is 5. The quantitative estimate of drug-likeness (QED) is 0.432. The fraction of sp³-hybridized carbons (Fsp3) is 0.400. The van der Waals surface area contributed by atoms with Gasteiger partial charge in [-0.2, -0.15) is 0 Å². The first-order chi connectivity index (χ1) is 10.1. The lowest BCUT2D eigenvalue weighted by molar-refractivity contribution is -0.0269. The SMILES string of the molecule is CCOC1(I)C(CC)=CC=CC1OC(=O)c1cncnc1. The van der Waals surface area contributed by atoms with Crippen molar-refractivity contribution < 1.29 is 14.3 Å². The maximum Gasteiger partial charge on any atom is 0.342 e. The number of hydrogen-bond acceptors (Lipinski definition) is 5. The van der Waals surface area contributed by atoms with Crippen LogP contribution < -0.4 is 0 Å². The van der Waals surface area contributed by atoms with E-state index in [0.29, 0.717) is 12.2 Å². The van der Waals surface area contributed by atoms with Gasteiger partial charge in [-0.1, -0.05) is 19.1 Å². The monoisotopic (exact) mass is 400 g/mol. The Bertz CT molecular complexity index is 559. The van der Waals surface area contributed by atoms with E-state index in [2.05, 4.69) is 39.5 Å². The number of carbonyl (C=O) groups is 1. The molecule has 1 aliphatic carbocycles. The molecule has 0 saturated carbocycles. The average molecular weight is 400 g/mol. The molecule has 0 spiro atoms. The van der Waals surface area contributed by atoms with Crippen LogP contribution in [0.15, 0.2) is 42.5 Å². The molecule has 1 aliphatic rings. The molecule has 0 fully saturated rings. The Labute approximate surface area is 137 Å². The highest BCUT2D eigenvalue weighted by molar-refractivity contribution is 14.1. The van der Waals surface area contributed by atoms with E-state index in [-0.39, 0.29) is 0 Å². The summed E-state index contributed by atoms with van der Waals surface area (Å²) in [7, 11) is 0. The molecule has 0 radical (unpaired) electrons. The van der Waals surface area contributed by atoms with Crippen molar-refractivity contribution in [3.63, 3.8) is 0 Å². The molecular weight excluding hydrogens is 383 g/mol. The molecule has 0 bridgehead atoms. The van der Waals surface area contributed by atoms with Gasteiger partial charge in [-0.3, -0.25) is 0 Å². The Balaban J connectivity index is 2.20. The Hall–Kier alpha value is -1.28. The van der Waals surface area contributed by atoms with E-state index < -0.39 is 15.7 Å². The summed E-state index contributed by atoms with van der Waals surface area (Å²) in [5, 5.41) is 0. The summed E-state index contributed by atoms with van der Waals surface area (Å²) in [6.07, 6.45) is 10.3. The van der Waals surface area contributed by atoms with Crippen molar-refractivity contribution in [1.29, 1.82) is 0 Å². The Morgan fingerprint density at radius 1 is 1.38 bits per heavy atom. The van der Waals surface area contributed by atoms with Gasteiger partial charge >= 0.3 is 5.97 Å². The van der Waals surface area contributed by atoms with Crippen LogP contribution >= 0.6 is 22.6 Å². The maximum atomic E-state index is 12.2. The summed E-state index contributed by atoms with van der Waals surface area (Å²) in [4.78, 5) is 19.8. The minimum Gasteiger partial charge on any atom is -0.450 e. The lowest BCUT2D eigenvalue weighted by atomic mass is 9.96. The summed E-state index contributed by atoms with van der Waals surface area (Å²) in [5.41, 5.74) is 1.42. The molecular formula is C15H17IN2O3. The molecule has 2 atom stereocenters. The number of allylic oxidation sites excluding steroid dienone is 2. The first-order valence-electron chi connectivity index (χ1n) is 6.78. The van der Waals surface area contributed by atoms with Crippen molar-refractivity contribution >= 4 is 28.6 Å². The van der Waals surface area contributed by atoms with E-state index in [9.17, 15) is 4.79 Å². The van der Waals surface area contributed by atoms with Gasteiger partial charge in [0.2, 0.25) is 0 Å². The molecule has 1 aromatic heterocycles. The molecule has 2 rings (SSSR count). The number of aromatic nitrogens is 2. The summed E-state index contributed by atoms with van der Waals surface area (Å²) >= 11 is 2.22. The van der Waals surface area contributed by atoms with E-state index in [1.165, 1.54) is 18.7 Å². The zero-order valence-corrected chi connectivity index (χ0v) is 14.1. The number of ether oxygens (including phenoxy) is 2. The largest absolute Gasteiger partial charge is 0.450 e. The van der Waals surface area contributed by atoms with Crippen LogP contribution in [0.25, 0.3) is 0 Å². The van der Waals surface area contributed by atoms with Crippen LogP contribution in [0.1, 0.15) is 30.6 Å². The van der Waals surface area contributed by atoms with Gasteiger partial charge in [-0.25, -0.2) is 14.8 Å². The second-order valence-corrected chi connectivity index (χ2v) is 6.06. The van der Waals surface area contributed by atoms with Crippen LogP contribution in [0.2, 0.25) is 0 Å². The standard InChI is InChI=1S/C15H17IN2O3/c1-3-12-6-5-7-13(15(12,16)20-4-2)21-14(19)11-8-17-10-18-9-11/h5-10,13H,3-4H2,1-2H3. The normalized spacial score (nSPS) is 24.5. The summed E-state index contributed by atoms with van der Waals surface area (Å²) in [6.45, 7) is 4.52. The van der Waals surface area contributed by atoms with Crippen LogP contribution in [0.3, 0.4) is 0 Å². The molecule has 5 nitrogen and oxygen atoms in total. The van der Waals surface area contributed by atoms with E-state index in [0.717, 1.165) is 12.0 Å². The number of alkyl halides is 1. The van der Waals surface area contributed by atoms with E-state index in [4.69, 9.17) is 9.47 Å². The molecule has 0 saturated heterocycles. The molecule has 6 heteroatoms. The van der Waals surface area contributed by atoms with Crippen molar-refractivity contribution in [3.05, 3.63) is 48.1 Å². The molecule has 21 heavy (non-hydrogen) atoms. The fourth-order valence-electron chi connectivity index (χ4n) is 2.14. The van der Waals surface area contributed by atoms with Crippen LogP contribution in [-0.2, 0) is 9.47 Å². The van der Waals surface area contributed by atoms with Gasteiger partial charge in [0.15, 0.2) is 9.71 Å². The van der Waals surface area contributed by atoms with Crippen LogP contribution in [-0.4, -0.2) is 32.3 Å². The molecule has 112 valence electrons. The summed E-state index contributed by atoms with van der Waals surface area (Å²) in [5.74, 6) is -0.455. The van der Waals surface area contributed by atoms with Crippen molar-refractivity contribution in [2.75, 3.05) is 6.61 Å². The smallest absolute Gasteiger partial charge is 0.342 e. The predicted octanol–water partition coefficient (Wildman–Crippen LogP) is 3.08. The van der Waals surface area contributed by atoms with Gasteiger partial charge in [0.25, 0.3) is 0 Å². The van der Waals surface area contributed by atoms with Gasteiger partial charge in [0.1, 0.15) is 6.33 Å². The third kappa shape index (κ3) is 3.49. The Morgan fingerprint density at radius 2 is 2.10 bits per heavy atom. The van der Waals surface area contributed by atoms with Crippen molar-refractivity contribution in [3.8, 4) is 0 Å². The molecule has 1 aromatic rings. The molecule has 0 amide bonds. The van der Waals surface area contributed by atoms with E-state index >= 15 is 0 Å². The zero-order chi connectivity index (χ0) is 15.3. The maximum absolute atomic E-state index is 12.2. The number of halogens is 1. The Kier molecular flexibility index (Phi) is 5.46.